The number of hydrogen-bond acceptors (Lipinski definition) is 2. The van der Waals surface area contributed by atoms with Gasteiger partial charge in [-0.25, -0.2) is 8.78 Å². The average Bonchev–Trinajstić information content (AvgIpc) is 2.59. The summed E-state index contributed by atoms with van der Waals surface area (Å²) >= 11 is 0. The largest absolute Gasteiger partial charge is 0.371 e. The molecular weight excluding hydrogens is 298 g/mol. The van der Waals surface area contributed by atoms with Crippen molar-refractivity contribution in [1.82, 2.24) is 5.32 Å². The van der Waals surface area contributed by atoms with Crippen molar-refractivity contribution in [1.29, 1.82) is 0 Å². The number of nitrogens with zero attached hydrogens (tertiary/aromatic N) is 1. The highest BCUT2D eigenvalue weighted by molar-refractivity contribution is 5.94. The zero-order valence-corrected chi connectivity index (χ0v) is 12.6. The molecule has 0 saturated carbocycles. The average molecular weight is 316 g/mol. The van der Waals surface area contributed by atoms with Crippen molar-refractivity contribution in [2.75, 3.05) is 18.0 Å². The van der Waals surface area contributed by atoms with Crippen LogP contribution >= 0.6 is 0 Å². The van der Waals surface area contributed by atoms with Crippen LogP contribution in [0.2, 0.25) is 0 Å². The Bertz CT molecular complexity index is 683. The van der Waals surface area contributed by atoms with Crippen LogP contribution in [0.3, 0.4) is 0 Å². The number of halogens is 2. The normalized spacial score (nSPS) is 15.5. The van der Waals surface area contributed by atoms with Gasteiger partial charge in [-0.15, -0.1) is 0 Å². The third-order valence-corrected chi connectivity index (χ3v) is 4.13. The summed E-state index contributed by atoms with van der Waals surface area (Å²) in [5, 5.41) is 2.90. The summed E-state index contributed by atoms with van der Waals surface area (Å²) in [6.45, 7) is 1.71. The molecule has 0 unspecified atom stereocenters. The van der Waals surface area contributed by atoms with Crippen LogP contribution in [0.5, 0.6) is 0 Å². The number of piperidine rings is 1. The van der Waals surface area contributed by atoms with Gasteiger partial charge in [0, 0.05) is 30.4 Å². The first-order chi connectivity index (χ1) is 11.1. The Morgan fingerprint density at radius 1 is 1.00 bits per heavy atom. The number of carbonyl (C=O) groups excluding carboxylic acids is 1. The van der Waals surface area contributed by atoms with Gasteiger partial charge in [0.05, 0.1) is 0 Å². The summed E-state index contributed by atoms with van der Waals surface area (Å²) < 4.78 is 26.1. The van der Waals surface area contributed by atoms with E-state index in [1.54, 1.807) is 0 Å². The van der Waals surface area contributed by atoms with E-state index in [4.69, 9.17) is 0 Å². The second-order valence-corrected chi connectivity index (χ2v) is 5.70. The van der Waals surface area contributed by atoms with Crippen molar-refractivity contribution in [3.05, 3.63) is 65.7 Å². The Balaban J connectivity index is 1.56. The van der Waals surface area contributed by atoms with Gasteiger partial charge in [0.15, 0.2) is 11.6 Å². The molecule has 1 aliphatic rings. The van der Waals surface area contributed by atoms with Crippen LogP contribution in [0.1, 0.15) is 23.2 Å². The Hall–Kier alpha value is -2.43. The van der Waals surface area contributed by atoms with Crippen LogP contribution in [-0.2, 0) is 0 Å². The van der Waals surface area contributed by atoms with Gasteiger partial charge in [-0.3, -0.25) is 4.79 Å². The van der Waals surface area contributed by atoms with Gasteiger partial charge in [-0.05, 0) is 43.2 Å². The number of nitrogens with one attached hydrogen (secondary N) is 1. The van der Waals surface area contributed by atoms with Gasteiger partial charge in [-0.2, -0.15) is 0 Å². The fourth-order valence-electron chi connectivity index (χ4n) is 2.83. The number of para-hydroxylation sites is 1. The Kier molecular flexibility index (Phi) is 4.55. The first-order valence-electron chi connectivity index (χ1n) is 7.69. The van der Waals surface area contributed by atoms with E-state index < -0.39 is 11.6 Å². The second kappa shape index (κ2) is 6.77. The van der Waals surface area contributed by atoms with Gasteiger partial charge in [0.25, 0.3) is 5.91 Å². The molecule has 1 N–H and O–H groups in total. The van der Waals surface area contributed by atoms with Crippen LogP contribution in [0.4, 0.5) is 14.5 Å². The number of anilines is 1. The maximum absolute atomic E-state index is 13.2. The first-order valence-corrected chi connectivity index (χ1v) is 7.69. The molecular formula is C18H18F2N2O. The Morgan fingerprint density at radius 3 is 2.35 bits per heavy atom. The molecule has 120 valence electrons. The molecule has 2 aromatic carbocycles. The van der Waals surface area contributed by atoms with Gasteiger partial charge in [0.1, 0.15) is 0 Å². The molecule has 1 aliphatic heterocycles. The van der Waals surface area contributed by atoms with E-state index in [1.807, 2.05) is 18.2 Å². The summed E-state index contributed by atoms with van der Waals surface area (Å²) in [4.78, 5) is 14.4. The van der Waals surface area contributed by atoms with Crippen LogP contribution in [0.15, 0.2) is 48.5 Å². The third-order valence-electron chi connectivity index (χ3n) is 4.13. The number of hydrogen-bond donors (Lipinski definition) is 1. The van der Waals surface area contributed by atoms with Crippen molar-refractivity contribution in [3.8, 4) is 0 Å². The fourth-order valence-corrected chi connectivity index (χ4v) is 2.83. The van der Waals surface area contributed by atoms with Gasteiger partial charge in [0.2, 0.25) is 0 Å². The van der Waals surface area contributed by atoms with E-state index in [2.05, 4.69) is 22.3 Å². The lowest BCUT2D eigenvalue weighted by Gasteiger charge is -2.34. The van der Waals surface area contributed by atoms with E-state index in [0.717, 1.165) is 38.1 Å². The van der Waals surface area contributed by atoms with E-state index in [1.165, 1.54) is 11.8 Å². The molecule has 3 nitrogen and oxygen atoms in total. The highest BCUT2D eigenvalue weighted by Gasteiger charge is 2.21. The molecule has 0 atom stereocenters. The molecule has 2 aromatic rings. The monoisotopic (exact) mass is 316 g/mol. The SMILES string of the molecule is O=C(NC1CCN(c2ccccc2)CC1)c1ccc(F)c(F)c1. The molecule has 1 saturated heterocycles. The molecule has 0 radical (unpaired) electrons. The summed E-state index contributed by atoms with van der Waals surface area (Å²) in [5.74, 6) is -2.31. The van der Waals surface area contributed by atoms with Gasteiger partial charge < -0.3 is 10.2 Å². The molecule has 1 heterocycles. The summed E-state index contributed by atoms with van der Waals surface area (Å²) in [6.07, 6.45) is 1.65. The van der Waals surface area contributed by atoms with Crippen molar-refractivity contribution in [2.45, 2.75) is 18.9 Å². The molecule has 0 aliphatic carbocycles. The summed E-state index contributed by atoms with van der Waals surface area (Å²) in [5.41, 5.74) is 1.33. The Labute approximate surface area is 133 Å². The lowest BCUT2D eigenvalue weighted by molar-refractivity contribution is 0.0930. The predicted octanol–water partition coefficient (Wildman–Crippen LogP) is 3.36. The van der Waals surface area contributed by atoms with Gasteiger partial charge in [-0.1, -0.05) is 18.2 Å². The molecule has 3 rings (SSSR count). The maximum Gasteiger partial charge on any atom is 0.251 e. The zero-order chi connectivity index (χ0) is 16.2. The summed E-state index contributed by atoms with van der Waals surface area (Å²) in [6, 6.07) is 13.4. The molecule has 1 fully saturated rings. The standard InChI is InChI=1S/C18H18F2N2O/c19-16-7-6-13(12-17(16)20)18(23)21-14-8-10-22(11-9-14)15-4-2-1-3-5-15/h1-7,12,14H,8-11H2,(H,21,23). The number of carbonyl (C=O) groups is 1. The van der Waals surface area contributed by atoms with Crippen molar-refractivity contribution in [3.63, 3.8) is 0 Å². The summed E-state index contributed by atoms with van der Waals surface area (Å²) in [7, 11) is 0. The number of rotatable bonds is 3. The zero-order valence-electron chi connectivity index (χ0n) is 12.6. The van der Waals surface area contributed by atoms with E-state index in [9.17, 15) is 13.6 Å². The van der Waals surface area contributed by atoms with Crippen molar-refractivity contribution < 1.29 is 13.6 Å². The fraction of sp³-hybridized carbons (Fsp3) is 0.278. The van der Waals surface area contributed by atoms with Crippen molar-refractivity contribution in [2.24, 2.45) is 0 Å². The van der Waals surface area contributed by atoms with Crippen LogP contribution < -0.4 is 10.2 Å². The Morgan fingerprint density at radius 2 is 1.70 bits per heavy atom. The van der Waals surface area contributed by atoms with Crippen molar-refractivity contribution >= 4 is 11.6 Å². The molecule has 1 amide bonds. The topological polar surface area (TPSA) is 32.3 Å². The molecule has 0 aromatic heterocycles. The smallest absolute Gasteiger partial charge is 0.251 e. The minimum atomic E-state index is -1.00. The predicted molar refractivity (Wildman–Crippen MR) is 85.5 cm³/mol. The molecule has 23 heavy (non-hydrogen) atoms. The molecule has 5 heteroatoms. The first kappa shape index (κ1) is 15.5. The number of amides is 1. The lowest BCUT2D eigenvalue weighted by Crippen LogP contribution is -2.44. The van der Waals surface area contributed by atoms with E-state index in [0.29, 0.717) is 0 Å². The van der Waals surface area contributed by atoms with Crippen LogP contribution in [-0.4, -0.2) is 25.0 Å². The highest BCUT2D eigenvalue weighted by Crippen LogP contribution is 2.19. The quantitative estimate of drug-likeness (QED) is 0.942. The minimum Gasteiger partial charge on any atom is -0.371 e. The van der Waals surface area contributed by atoms with Crippen LogP contribution in [0, 0.1) is 11.6 Å². The highest BCUT2D eigenvalue weighted by atomic mass is 19.2. The number of benzene rings is 2. The third kappa shape index (κ3) is 3.67. The van der Waals surface area contributed by atoms with Gasteiger partial charge >= 0.3 is 0 Å². The van der Waals surface area contributed by atoms with E-state index in [-0.39, 0.29) is 17.5 Å². The van der Waals surface area contributed by atoms with Crippen LogP contribution in [0.25, 0.3) is 0 Å². The minimum absolute atomic E-state index is 0.0515. The molecule has 0 spiro atoms. The maximum atomic E-state index is 13.2. The lowest BCUT2D eigenvalue weighted by atomic mass is 10.0. The molecule has 0 bridgehead atoms. The van der Waals surface area contributed by atoms with E-state index >= 15 is 0 Å². The second-order valence-electron chi connectivity index (χ2n) is 5.70.